The molecule has 0 saturated heterocycles. The highest BCUT2D eigenvalue weighted by Crippen LogP contribution is 2.28. The minimum Gasteiger partial charge on any atom is -0.466 e. The topological polar surface area (TPSA) is 26.3 Å². The zero-order chi connectivity index (χ0) is 13.7. The van der Waals surface area contributed by atoms with E-state index in [9.17, 15) is 4.79 Å². The lowest BCUT2D eigenvalue weighted by molar-refractivity contribution is -0.142. The van der Waals surface area contributed by atoms with Gasteiger partial charge in [0, 0.05) is 0 Å². The summed E-state index contributed by atoms with van der Waals surface area (Å²) in [4.78, 5) is 11.7. The largest absolute Gasteiger partial charge is 0.466 e. The van der Waals surface area contributed by atoms with Crippen molar-refractivity contribution in [3.05, 3.63) is 34.9 Å². The monoisotopic (exact) mass is 248 g/mol. The highest BCUT2D eigenvalue weighted by atomic mass is 16.5. The van der Waals surface area contributed by atoms with E-state index >= 15 is 0 Å². The van der Waals surface area contributed by atoms with Crippen LogP contribution in [0.5, 0.6) is 0 Å². The first-order valence-electron chi connectivity index (χ1n) is 6.74. The summed E-state index contributed by atoms with van der Waals surface area (Å²) >= 11 is 0. The van der Waals surface area contributed by atoms with Crippen molar-refractivity contribution in [3.8, 4) is 0 Å². The smallest absolute Gasteiger partial charge is 0.310 e. The molecule has 2 nitrogen and oxygen atoms in total. The van der Waals surface area contributed by atoms with Crippen molar-refractivity contribution in [3.63, 3.8) is 0 Å². The van der Waals surface area contributed by atoms with Crippen LogP contribution in [-0.2, 0) is 16.0 Å². The summed E-state index contributed by atoms with van der Waals surface area (Å²) in [6.45, 7) is 10.9. The Labute approximate surface area is 110 Å². The summed E-state index contributed by atoms with van der Waals surface area (Å²) in [5.74, 6) is 0.716. The third kappa shape index (κ3) is 3.59. The zero-order valence-electron chi connectivity index (χ0n) is 12.1. The Balaban J connectivity index is 3.14. The molecule has 1 aromatic carbocycles. The maximum absolute atomic E-state index is 11.7. The molecule has 0 N–H and O–H groups in total. The maximum atomic E-state index is 11.7. The van der Waals surface area contributed by atoms with Crippen LogP contribution in [0.1, 0.15) is 63.1 Å². The first-order valence-corrected chi connectivity index (χ1v) is 6.74. The van der Waals surface area contributed by atoms with E-state index in [0.29, 0.717) is 24.9 Å². The third-order valence-corrected chi connectivity index (χ3v) is 3.12. The highest BCUT2D eigenvalue weighted by molar-refractivity contribution is 5.74. The second kappa shape index (κ2) is 6.58. The molecule has 0 fully saturated rings. The summed E-state index contributed by atoms with van der Waals surface area (Å²) in [5, 5.41) is 0. The number of benzene rings is 1. The lowest BCUT2D eigenvalue weighted by Crippen LogP contribution is -2.12. The molecule has 0 atom stereocenters. The van der Waals surface area contributed by atoms with Gasteiger partial charge in [0.1, 0.15) is 0 Å². The SMILES string of the molecule is CCOC(=O)Cc1c(C(C)C)cccc1C(C)C. The number of hydrogen-bond donors (Lipinski definition) is 0. The molecule has 0 aliphatic heterocycles. The van der Waals surface area contributed by atoms with Crippen LogP contribution in [0, 0.1) is 0 Å². The predicted octanol–water partition coefficient (Wildman–Crippen LogP) is 4.04. The van der Waals surface area contributed by atoms with E-state index in [4.69, 9.17) is 4.74 Å². The summed E-state index contributed by atoms with van der Waals surface area (Å²) in [5.41, 5.74) is 3.67. The Morgan fingerprint density at radius 3 is 2.00 bits per heavy atom. The van der Waals surface area contributed by atoms with Gasteiger partial charge in [-0.05, 0) is 35.4 Å². The van der Waals surface area contributed by atoms with E-state index in [0.717, 1.165) is 5.56 Å². The average Bonchev–Trinajstić information content (AvgIpc) is 2.28. The van der Waals surface area contributed by atoms with Gasteiger partial charge in [0.25, 0.3) is 0 Å². The quantitative estimate of drug-likeness (QED) is 0.735. The molecule has 1 rings (SSSR count). The second-order valence-corrected chi connectivity index (χ2v) is 5.21. The number of carbonyl (C=O) groups excluding carboxylic acids is 1. The lowest BCUT2D eigenvalue weighted by Gasteiger charge is -2.19. The van der Waals surface area contributed by atoms with Crippen molar-refractivity contribution in [2.24, 2.45) is 0 Å². The van der Waals surface area contributed by atoms with Crippen molar-refractivity contribution in [2.75, 3.05) is 6.61 Å². The molecule has 1 aromatic rings. The lowest BCUT2D eigenvalue weighted by atomic mass is 9.87. The van der Waals surface area contributed by atoms with Crippen molar-refractivity contribution < 1.29 is 9.53 Å². The van der Waals surface area contributed by atoms with E-state index in [2.05, 4.69) is 45.9 Å². The highest BCUT2D eigenvalue weighted by Gasteiger charge is 2.16. The normalized spacial score (nSPS) is 11.1. The molecule has 0 aliphatic carbocycles. The summed E-state index contributed by atoms with van der Waals surface area (Å²) in [6, 6.07) is 6.32. The van der Waals surface area contributed by atoms with Crippen molar-refractivity contribution >= 4 is 5.97 Å². The van der Waals surface area contributed by atoms with E-state index in [1.165, 1.54) is 11.1 Å². The van der Waals surface area contributed by atoms with Crippen LogP contribution in [0.15, 0.2) is 18.2 Å². The summed E-state index contributed by atoms with van der Waals surface area (Å²) < 4.78 is 5.08. The minimum absolute atomic E-state index is 0.132. The van der Waals surface area contributed by atoms with Gasteiger partial charge in [0.05, 0.1) is 13.0 Å². The molecule has 0 bridgehead atoms. The van der Waals surface area contributed by atoms with Crippen LogP contribution in [-0.4, -0.2) is 12.6 Å². The van der Waals surface area contributed by atoms with E-state index in [1.54, 1.807) is 0 Å². The number of hydrogen-bond acceptors (Lipinski definition) is 2. The molecule has 100 valence electrons. The Kier molecular flexibility index (Phi) is 5.39. The molecule has 0 aliphatic rings. The number of rotatable bonds is 5. The molecule has 0 radical (unpaired) electrons. The first-order chi connectivity index (χ1) is 8.47. The molecule has 0 spiro atoms. The van der Waals surface area contributed by atoms with Crippen LogP contribution >= 0.6 is 0 Å². The van der Waals surface area contributed by atoms with Crippen LogP contribution in [0.25, 0.3) is 0 Å². The van der Waals surface area contributed by atoms with Gasteiger partial charge >= 0.3 is 5.97 Å². The third-order valence-electron chi connectivity index (χ3n) is 3.12. The second-order valence-electron chi connectivity index (χ2n) is 5.21. The maximum Gasteiger partial charge on any atom is 0.310 e. The van der Waals surface area contributed by atoms with Crippen LogP contribution < -0.4 is 0 Å². The number of ether oxygens (including phenoxy) is 1. The zero-order valence-corrected chi connectivity index (χ0v) is 12.1. The van der Waals surface area contributed by atoms with Gasteiger partial charge in [0.15, 0.2) is 0 Å². The molecular weight excluding hydrogens is 224 g/mol. The van der Waals surface area contributed by atoms with Crippen LogP contribution in [0.3, 0.4) is 0 Å². The molecular formula is C16H24O2. The van der Waals surface area contributed by atoms with Gasteiger partial charge < -0.3 is 4.74 Å². The van der Waals surface area contributed by atoms with E-state index < -0.39 is 0 Å². The molecule has 0 amide bonds. The number of carbonyl (C=O) groups is 1. The number of esters is 1. The molecule has 18 heavy (non-hydrogen) atoms. The fourth-order valence-electron chi connectivity index (χ4n) is 2.27. The van der Waals surface area contributed by atoms with Gasteiger partial charge in [-0.3, -0.25) is 4.79 Å². The van der Waals surface area contributed by atoms with Crippen molar-refractivity contribution in [2.45, 2.75) is 52.9 Å². The molecule has 0 heterocycles. The van der Waals surface area contributed by atoms with Gasteiger partial charge in [-0.2, -0.15) is 0 Å². The minimum atomic E-state index is -0.132. The molecule has 2 heteroatoms. The van der Waals surface area contributed by atoms with Gasteiger partial charge in [-0.15, -0.1) is 0 Å². The Morgan fingerprint density at radius 2 is 1.61 bits per heavy atom. The van der Waals surface area contributed by atoms with Gasteiger partial charge in [0.2, 0.25) is 0 Å². The Hall–Kier alpha value is -1.31. The Morgan fingerprint density at radius 1 is 1.11 bits per heavy atom. The van der Waals surface area contributed by atoms with Crippen molar-refractivity contribution in [1.29, 1.82) is 0 Å². The van der Waals surface area contributed by atoms with Crippen LogP contribution in [0.2, 0.25) is 0 Å². The van der Waals surface area contributed by atoms with Gasteiger partial charge in [-0.1, -0.05) is 45.9 Å². The Bertz CT molecular complexity index is 379. The predicted molar refractivity (Wildman–Crippen MR) is 75.0 cm³/mol. The fraction of sp³-hybridized carbons (Fsp3) is 0.562. The molecule has 0 unspecified atom stereocenters. The van der Waals surface area contributed by atoms with E-state index in [-0.39, 0.29) is 5.97 Å². The van der Waals surface area contributed by atoms with E-state index in [1.807, 2.05) is 6.92 Å². The summed E-state index contributed by atoms with van der Waals surface area (Å²) in [6.07, 6.45) is 0.385. The fourth-order valence-corrected chi connectivity index (χ4v) is 2.27. The molecule has 0 saturated carbocycles. The first kappa shape index (κ1) is 14.7. The standard InChI is InChI=1S/C16H24O2/c1-6-18-16(17)10-15-13(11(2)3)8-7-9-14(15)12(4)5/h7-9,11-12H,6,10H2,1-5H3. The van der Waals surface area contributed by atoms with Crippen LogP contribution in [0.4, 0.5) is 0 Å². The van der Waals surface area contributed by atoms with Gasteiger partial charge in [-0.25, -0.2) is 0 Å². The summed E-state index contributed by atoms with van der Waals surface area (Å²) in [7, 11) is 0. The van der Waals surface area contributed by atoms with Crippen molar-refractivity contribution in [1.82, 2.24) is 0 Å². The average molecular weight is 248 g/mol. The molecule has 0 aromatic heterocycles.